The molecular weight excluding hydrogens is 500 g/mol. The number of nitrogens with two attached hydrogens (primary N) is 1. The van der Waals surface area contributed by atoms with Crippen molar-refractivity contribution < 1.29 is 26.7 Å². The summed E-state index contributed by atoms with van der Waals surface area (Å²) in [5.41, 5.74) is 0.331. The summed E-state index contributed by atoms with van der Waals surface area (Å²) in [5, 5.41) is 4.87. The fraction of sp³-hybridized carbons (Fsp3) is 0.0625. The van der Waals surface area contributed by atoms with E-state index in [1.807, 2.05) is 0 Å². The van der Waals surface area contributed by atoms with Gasteiger partial charge < -0.3 is 4.74 Å². The Morgan fingerprint density at radius 2 is 1.62 bits per heavy atom. The fourth-order valence-electron chi connectivity index (χ4n) is 2.59. The summed E-state index contributed by atoms with van der Waals surface area (Å²) in [4.78, 5) is 11.2. The second kappa shape index (κ2) is 6.84. The second-order valence-corrected chi connectivity index (χ2v) is 8.76. The van der Waals surface area contributed by atoms with Crippen LogP contribution in [0.2, 0.25) is 0 Å². The molecule has 2 N–H and O–H groups in total. The molecule has 2 aromatic rings. The minimum Gasteiger partial charge on any atom is -0.457 e. The Bertz CT molecular complexity index is 1060. The van der Waals surface area contributed by atoms with E-state index >= 15 is 0 Å². The molecule has 10 heteroatoms. The van der Waals surface area contributed by atoms with Gasteiger partial charge in [0.05, 0.1) is 5.57 Å². The monoisotopic (exact) mass is 507 g/mol. The minimum absolute atomic E-state index is 0.0636. The molecule has 1 heterocycles. The number of esters is 1. The van der Waals surface area contributed by atoms with Crippen LogP contribution >= 0.6 is 31.9 Å². The van der Waals surface area contributed by atoms with E-state index in [-0.39, 0.29) is 23.3 Å². The molecular formula is C16H9Br2F2NO4S. The molecule has 2 aromatic carbocycles. The zero-order valence-corrected chi connectivity index (χ0v) is 16.7. The van der Waals surface area contributed by atoms with Crippen LogP contribution in [-0.2, 0) is 19.6 Å². The Labute approximate surface area is 164 Å². The van der Waals surface area contributed by atoms with Crippen LogP contribution in [-0.4, -0.2) is 21.0 Å². The highest BCUT2D eigenvalue weighted by Crippen LogP contribution is 2.37. The van der Waals surface area contributed by atoms with E-state index in [2.05, 4.69) is 31.9 Å². The molecule has 26 heavy (non-hydrogen) atoms. The standard InChI is InChI=1S/C16H9Br2F2NO4S/c17-8-1-7(2-9(18)3-8)15-11(6-25-16(15)22)10-4-13(20)14(5-12(10)19)26(21,23)24/h1-5H,6H2,(H2,21,23,24). The summed E-state index contributed by atoms with van der Waals surface area (Å²) in [6.45, 7) is -0.274. The Hall–Kier alpha value is -1.62. The van der Waals surface area contributed by atoms with Crippen LogP contribution in [0, 0.1) is 11.6 Å². The first-order valence-corrected chi connectivity index (χ1v) is 10.1. The van der Waals surface area contributed by atoms with Crippen LogP contribution in [0.3, 0.4) is 0 Å². The molecule has 0 saturated heterocycles. The van der Waals surface area contributed by atoms with Gasteiger partial charge in [0, 0.05) is 20.1 Å². The summed E-state index contributed by atoms with van der Waals surface area (Å²) in [5.74, 6) is -2.94. The highest BCUT2D eigenvalue weighted by molar-refractivity contribution is 9.11. The molecule has 0 atom stereocenters. The predicted octanol–water partition coefficient (Wildman–Crippen LogP) is 3.60. The number of ether oxygens (including phenoxy) is 1. The van der Waals surface area contributed by atoms with Crippen molar-refractivity contribution in [3.05, 3.63) is 62.0 Å². The smallest absolute Gasteiger partial charge is 0.339 e. The van der Waals surface area contributed by atoms with Crippen molar-refractivity contribution in [3.63, 3.8) is 0 Å². The molecule has 0 aliphatic carbocycles. The zero-order chi connectivity index (χ0) is 19.2. The van der Waals surface area contributed by atoms with E-state index in [9.17, 15) is 22.0 Å². The maximum Gasteiger partial charge on any atom is 0.339 e. The number of primary sulfonamides is 1. The highest BCUT2D eigenvalue weighted by atomic mass is 79.9. The molecule has 0 amide bonds. The normalized spacial score (nSPS) is 14.7. The number of carbonyl (C=O) groups is 1. The Kier molecular flexibility index (Phi) is 5.04. The van der Waals surface area contributed by atoms with Crippen LogP contribution in [0.5, 0.6) is 0 Å². The highest BCUT2D eigenvalue weighted by Gasteiger charge is 2.30. The first kappa shape index (κ1) is 19.2. The van der Waals surface area contributed by atoms with Gasteiger partial charge in [-0.25, -0.2) is 27.1 Å². The summed E-state index contributed by atoms with van der Waals surface area (Å²) in [6, 6.07) is 6.17. The van der Waals surface area contributed by atoms with Gasteiger partial charge >= 0.3 is 5.97 Å². The summed E-state index contributed by atoms with van der Waals surface area (Å²) in [6.07, 6.45) is 0. The second-order valence-electron chi connectivity index (χ2n) is 5.40. The Morgan fingerprint density at radius 1 is 1.00 bits per heavy atom. The summed E-state index contributed by atoms with van der Waals surface area (Å²) in [7, 11) is -4.43. The van der Waals surface area contributed by atoms with Crippen molar-refractivity contribution in [2.45, 2.75) is 4.90 Å². The van der Waals surface area contributed by atoms with Crippen LogP contribution in [0.4, 0.5) is 8.78 Å². The molecule has 1 aliphatic rings. The van der Waals surface area contributed by atoms with Gasteiger partial charge in [0.15, 0.2) is 0 Å². The Morgan fingerprint density at radius 3 is 2.19 bits per heavy atom. The molecule has 0 unspecified atom stereocenters. The number of sulfonamides is 1. The largest absolute Gasteiger partial charge is 0.457 e. The maximum absolute atomic E-state index is 14.5. The van der Waals surface area contributed by atoms with Gasteiger partial charge in [-0.1, -0.05) is 31.9 Å². The third-order valence-corrected chi connectivity index (χ3v) is 5.50. The maximum atomic E-state index is 14.5. The number of hydrogen-bond acceptors (Lipinski definition) is 4. The van der Waals surface area contributed by atoms with Crippen LogP contribution in [0.25, 0.3) is 11.1 Å². The van der Waals surface area contributed by atoms with Crippen molar-refractivity contribution in [1.82, 2.24) is 0 Å². The number of halogens is 4. The van der Waals surface area contributed by atoms with Crippen LogP contribution in [0.15, 0.2) is 44.2 Å². The molecule has 136 valence electrons. The molecule has 0 saturated carbocycles. The number of carbonyl (C=O) groups excluding carboxylic acids is 1. The van der Waals surface area contributed by atoms with E-state index in [0.29, 0.717) is 26.6 Å². The first-order chi connectivity index (χ1) is 12.1. The number of cyclic esters (lactones) is 1. The molecule has 5 nitrogen and oxygen atoms in total. The average molecular weight is 509 g/mol. The van der Waals surface area contributed by atoms with Crippen LogP contribution < -0.4 is 5.14 Å². The van der Waals surface area contributed by atoms with Gasteiger partial charge in [-0.3, -0.25) is 0 Å². The van der Waals surface area contributed by atoms with E-state index < -0.39 is 32.5 Å². The zero-order valence-electron chi connectivity index (χ0n) is 12.7. The lowest BCUT2D eigenvalue weighted by atomic mass is 9.96. The van der Waals surface area contributed by atoms with E-state index in [0.717, 1.165) is 0 Å². The predicted molar refractivity (Wildman–Crippen MR) is 97.3 cm³/mol. The molecule has 0 aromatic heterocycles. The number of benzene rings is 2. The van der Waals surface area contributed by atoms with Crippen LogP contribution in [0.1, 0.15) is 11.1 Å². The van der Waals surface area contributed by atoms with Crippen molar-refractivity contribution in [1.29, 1.82) is 0 Å². The van der Waals surface area contributed by atoms with Gasteiger partial charge in [-0.2, -0.15) is 0 Å². The van der Waals surface area contributed by atoms with Crippen molar-refractivity contribution in [2.75, 3.05) is 6.61 Å². The van der Waals surface area contributed by atoms with E-state index in [1.54, 1.807) is 18.2 Å². The third-order valence-electron chi connectivity index (χ3n) is 3.66. The minimum atomic E-state index is -4.43. The molecule has 1 aliphatic heterocycles. The quantitative estimate of drug-likeness (QED) is 0.642. The van der Waals surface area contributed by atoms with Gasteiger partial charge in [0.2, 0.25) is 10.0 Å². The van der Waals surface area contributed by atoms with Gasteiger partial charge in [-0.05, 0) is 35.9 Å². The molecule has 3 rings (SSSR count). The first-order valence-electron chi connectivity index (χ1n) is 6.97. The molecule has 0 radical (unpaired) electrons. The van der Waals surface area contributed by atoms with Crippen molar-refractivity contribution >= 4 is 59.0 Å². The molecule has 0 fully saturated rings. The van der Waals surface area contributed by atoms with Gasteiger partial charge in [0.1, 0.15) is 23.1 Å². The fourth-order valence-corrected chi connectivity index (χ4v) is 4.48. The van der Waals surface area contributed by atoms with E-state index in [1.165, 1.54) is 0 Å². The van der Waals surface area contributed by atoms with Crippen molar-refractivity contribution in [3.8, 4) is 0 Å². The lowest BCUT2D eigenvalue weighted by molar-refractivity contribution is -0.133. The summed E-state index contributed by atoms with van der Waals surface area (Å²) < 4.78 is 57.6. The summed E-state index contributed by atoms with van der Waals surface area (Å²) >= 11 is 6.59. The van der Waals surface area contributed by atoms with Gasteiger partial charge in [-0.15, -0.1) is 0 Å². The third kappa shape index (κ3) is 3.59. The molecule has 0 spiro atoms. The Balaban J connectivity index is 2.25. The lowest BCUT2D eigenvalue weighted by Gasteiger charge is -2.09. The average Bonchev–Trinajstić information content (AvgIpc) is 2.88. The van der Waals surface area contributed by atoms with Crippen molar-refractivity contribution in [2.24, 2.45) is 5.14 Å². The SMILES string of the molecule is NS(=O)(=O)c1cc(F)c(C2=C(c3cc(Br)cc(Br)c3)C(=O)OC2)cc1F. The van der Waals surface area contributed by atoms with E-state index in [4.69, 9.17) is 9.88 Å². The lowest BCUT2D eigenvalue weighted by Crippen LogP contribution is -2.15. The number of hydrogen-bond donors (Lipinski definition) is 1. The number of rotatable bonds is 3. The molecule has 0 bridgehead atoms. The van der Waals surface area contributed by atoms with Gasteiger partial charge in [0.25, 0.3) is 0 Å². The topological polar surface area (TPSA) is 86.5 Å².